The van der Waals surface area contributed by atoms with Crippen molar-refractivity contribution in [2.45, 2.75) is 44.5 Å². The first-order chi connectivity index (χ1) is 27.6. The second kappa shape index (κ2) is 14.1. The Morgan fingerprint density at radius 1 is 0.807 bits per heavy atom. The largest absolute Gasteiger partial charge is 0.394 e. The van der Waals surface area contributed by atoms with Crippen LogP contribution in [0.5, 0.6) is 0 Å². The highest BCUT2D eigenvalue weighted by atomic mass is 16.3. The second-order valence-corrected chi connectivity index (χ2v) is 14.9. The molecule has 286 valence electrons. The number of benzene rings is 5. The summed E-state index contributed by atoms with van der Waals surface area (Å²) >= 11 is 0. The molecule has 0 radical (unpaired) electrons. The van der Waals surface area contributed by atoms with Crippen LogP contribution < -0.4 is 16.0 Å². The summed E-state index contributed by atoms with van der Waals surface area (Å²) in [5.74, 6) is -1.54. The zero-order chi connectivity index (χ0) is 39.4. The predicted molar refractivity (Wildman–Crippen MR) is 217 cm³/mol. The van der Waals surface area contributed by atoms with Crippen LogP contribution >= 0.6 is 0 Å². The van der Waals surface area contributed by atoms with Crippen LogP contribution in [-0.4, -0.2) is 59.1 Å². The van der Waals surface area contributed by atoms with Crippen molar-refractivity contribution < 1.29 is 19.8 Å². The van der Waals surface area contributed by atoms with Crippen LogP contribution in [0.2, 0.25) is 0 Å². The Balaban J connectivity index is 1.05. The van der Waals surface area contributed by atoms with Gasteiger partial charge in [-0.05, 0) is 77.7 Å². The lowest BCUT2D eigenvalue weighted by Crippen LogP contribution is -2.46. The molecule has 4 heterocycles. The van der Waals surface area contributed by atoms with Crippen molar-refractivity contribution in [3.8, 4) is 11.4 Å². The average molecular weight is 761 g/mol. The minimum Gasteiger partial charge on any atom is -0.394 e. The lowest BCUT2D eigenvalue weighted by atomic mass is 9.82. The molecular weight excluding hydrogens is 721 g/mol. The molecule has 5 aromatic carbocycles. The van der Waals surface area contributed by atoms with Crippen molar-refractivity contribution in [2.75, 3.05) is 11.5 Å². The number of hydrogen-bond donors (Lipinski definition) is 4. The summed E-state index contributed by atoms with van der Waals surface area (Å²) in [6.07, 6.45) is 3.92. The quantitative estimate of drug-likeness (QED) is 0.148. The van der Waals surface area contributed by atoms with E-state index in [-0.39, 0.29) is 42.6 Å². The van der Waals surface area contributed by atoms with E-state index < -0.39 is 17.4 Å². The van der Waals surface area contributed by atoms with E-state index in [4.69, 9.17) is 0 Å². The number of aromatic amines is 2. The van der Waals surface area contributed by atoms with E-state index >= 15 is 0 Å². The highest BCUT2D eigenvalue weighted by Crippen LogP contribution is 2.46. The number of para-hydroxylation sites is 2. The average Bonchev–Trinajstić information content (AvgIpc) is 3.84. The molecular formula is C45H40N6O6. The third-order valence-electron chi connectivity index (χ3n) is 11.5. The Morgan fingerprint density at radius 2 is 1.44 bits per heavy atom. The number of carbonyl (C=O) groups excluding carboxylic acids is 2. The van der Waals surface area contributed by atoms with Crippen molar-refractivity contribution in [3.05, 3.63) is 170 Å². The molecule has 2 aromatic heterocycles. The van der Waals surface area contributed by atoms with Gasteiger partial charge >= 0.3 is 0 Å². The monoisotopic (exact) mass is 760 g/mol. The molecule has 0 unspecified atom stereocenters. The van der Waals surface area contributed by atoms with Crippen molar-refractivity contribution in [1.82, 2.24) is 24.5 Å². The van der Waals surface area contributed by atoms with Crippen LogP contribution in [0.4, 0.5) is 5.69 Å². The molecule has 2 aliphatic heterocycles. The summed E-state index contributed by atoms with van der Waals surface area (Å²) in [6, 6.07) is 34.4. The van der Waals surface area contributed by atoms with Gasteiger partial charge in [0.15, 0.2) is 5.60 Å². The topological polar surface area (TPSA) is 157 Å². The van der Waals surface area contributed by atoms with E-state index in [2.05, 4.69) is 10.2 Å². The number of anilines is 1. The Morgan fingerprint density at radius 3 is 2.11 bits per heavy atom. The van der Waals surface area contributed by atoms with Gasteiger partial charge in [0, 0.05) is 24.4 Å². The minimum atomic E-state index is -2.07. The van der Waals surface area contributed by atoms with Crippen molar-refractivity contribution in [3.63, 3.8) is 0 Å². The van der Waals surface area contributed by atoms with Crippen molar-refractivity contribution >= 4 is 39.3 Å². The van der Waals surface area contributed by atoms with E-state index in [0.717, 1.165) is 11.1 Å². The molecule has 3 atom stereocenters. The van der Waals surface area contributed by atoms with E-state index in [1.54, 1.807) is 72.5 Å². The highest BCUT2D eigenvalue weighted by molar-refractivity contribution is 6.07. The summed E-state index contributed by atoms with van der Waals surface area (Å²) in [5, 5.41) is 30.1. The molecule has 7 aromatic rings. The number of nitrogens with zero attached hydrogens (tertiary/aromatic N) is 4. The summed E-state index contributed by atoms with van der Waals surface area (Å²) in [5.41, 5.74) is 3.49. The van der Waals surface area contributed by atoms with Gasteiger partial charge in [-0.3, -0.25) is 29.4 Å². The fourth-order valence-electron chi connectivity index (χ4n) is 8.36. The standard InChI is InChI=1S/C45H40N6O6/c1-28(10-8-19-41(53)48-26-31-13-3-2-12-30(31)23-34(48)27-52)45(57)37-24-33(51-43(55)36-16-5-7-18-39(36)47-51)20-21-40(37)49(44(45)56)25-29-11-9-14-32(22-29)50-42(54)35-15-4-6-17-38(35)46-50/h2-18,20-22,24,28,34,46-47,52,57H,19,23,25-27H2,1H3/b10-8+/t28-,34-,45+/m0/s1. The number of carbonyl (C=O) groups is 2. The van der Waals surface area contributed by atoms with Crippen LogP contribution in [0, 0.1) is 5.92 Å². The van der Waals surface area contributed by atoms with Crippen LogP contribution in [0.15, 0.2) is 137 Å². The normalized spacial score (nSPS) is 18.4. The Hall–Kier alpha value is -6.76. The van der Waals surface area contributed by atoms with Gasteiger partial charge in [-0.1, -0.05) is 79.7 Å². The minimum absolute atomic E-state index is 0.00820. The fourth-order valence-corrected chi connectivity index (χ4v) is 8.36. The van der Waals surface area contributed by atoms with Gasteiger partial charge in [-0.25, -0.2) is 9.36 Å². The summed E-state index contributed by atoms with van der Waals surface area (Å²) < 4.78 is 2.86. The summed E-state index contributed by atoms with van der Waals surface area (Å²) in [4.78, 5) is 58.1. The molecule has 0 bridgehead atoms. The number of aliphatic hydroxyl groups is 2. The van der Waals surface area contributed by atoms with Gasteiger partial charge < -0.3 is 20.0 Å². The number of aromatic nitrogens is 4. The van der Waals surface area contributed by atoms with Crippen LogP contribution in [0.1, 0.15) is 35.6 Å². The SMILES string of the molecule is C[C@@H](/C=C/CC(=O)N1Cc2ccccc2C[C@H]1CO)[C@]1(O)C(=O)N(Cc2cccc(-n3[nH]c4ccccc4c3=O)c2)c2ccc(-n3[nH]c4ccccc4c3=O)cc21. The van der Waals surface area contributed by atoms with E-state index in [1.165, 1.54) is 14.3 Å². The maximum absolute atomic E-state index is 14.7. The van der Waals surface area contributed by atoms with E-state index in [9.17, 15) is 29.4 Å². The van der Waals surface area contributed by atoms with Crippen LogP contribution in [0.25, 0.3) is 33.2 Å². The molecule has 2 amide bonds. The van der Waals surface area contributed by atoms with Crippen LogP contribution in [0.3, 0.4) is 0 Å². The highest BCUT2D eigenvalue weighted by Gasteiger charge is 2.52. The molecule has 0 saturated carbocycles. The molecule has 0 saturated heterocycles. The molecule has 0 aliphatic carbocycles. The number of fused-ring (bicyclic) bond motifs is 4. The molecule has 0 spiro atoms. The summed E-state index contributed by atoms with van der Waals surface area (Å²) in [7, 11) is 0. The lowest BCUT2D eigenvalue weighted by molar-refractivity contribution is -0.139. The van der Waals surface area contributed by atoms with E-state index in [0.29, 0.717) is 63.0 Å². The van der Waals surface area contributed by atoms with E-state index in [1.807, 2.05) is 66.7 Å². The number of hydrogen-bond acceptors (Lipinski definition) is 6. The lowest BCUT2D eigenvalue weighted by Gasteiger charge is -2.36. The molecule has 57 heavy (non-hydrogen) atoms. The smallest absolute Gasteiger partial charge is 0.279 e. The first kappa shape index (κ1) is 35.9. The zero-order valence-electron chi connectivity index (χ0n) is 31.1. The fraction of sp³-hybridized carbons (Fsp3) is 0.200. The first-order valence-corrected chi connectivity index (χ1v) is 19.0. The number of rotatable bonds is 9. The van der Waals surface area contributed by atoms with Crippen molar-refractivity contribution in [2.24, 2.45) is 5.92 Å². The van der Waals surface area contributed by atoms with Gasteiger partial charge in [-0.15, -0.1) is 0 Å². The van der Waals surface area contributed by atoms with Gasteiger partial charge in [0.25, 0.3) is 17.0 Å². The molecule has 12 nitrogen and oxygen atoms in total. The van der Waals surface area contributed by atoms with Gasteiger partial charge in [-0.2, -0.15) is 0 Å². The maximum atomic E-state index is 14.7. The van der Waals surface area contributed by atoms with Gasteiger partial charge in [0.1, 0.15) is 0 Å². The molecule has 0 fully saturated rings. The number of nitrogens with one attached hydrogen (secondary N) is 2. The third-order valence-corrected chi connectivity index (χ3v) is 11.5. The number of H-pyrrole nitrogens is 2. The molecule has 2 aliphatic rings. The molecule has 12 heteroatoms. The first-order valence-electron chi connectivity index (χ1n) is 19.0. The van der Waals surface area contributed by atoms with Crippen LogP contribution in [-0.2, 0) is 34.7 Å². The molecule has 9 rings (SSSR count). The Kier molecular flexibility index (Phi) is 8.87. The Labute approximate surface area is 326 Å². The van der Waals surface area contributed by atoms with Gasteiger partial charge in [0.05, 0.1) is 58.1 Å². The summed E-state index contributed by atoms with van der Waals surface area (Å²) in [6.45, 7) is 2.03. The second-order valence-electron chi connectivity index (χ2n) is 14.9. The Bertz CT molecular complexity index is 2870. The molecule has 4 N–H and O–H groups in total. The number of amides is 2. The third kappa shape index (κ3) is 6.01. The van der Waals surface area contributed by atoms with Crippen molar-refractivity contribution in [1.29, 1.82) is 0 Å². The zero-order valence-corrected chi connectivity index (χ0v) is 31.1. The predicted octanol–water partition coefficient (Wildman–Crippen LogP) is 5.21. The maximum Gasteiger partial charge on any atom is 0.279 e. The number of aliphatic hydroxyl groups excluding tert-OH is 1. The van der Waals surface area contributed by atoms with Gasteiger partial charge in [0.2, 0.25) is 5.91 Å².